The first-order valence-electron chi connectivity index (χ1n) is 9.78. The molecule has 0 aliphatic carbocycles. The molecule has 0 saturated carbocycles. The summed E-state index contributed by atoms with van der Waals surface area (Å²) in [6.07, 6.45) is 0. The van der Waals surface area contributed by atoms with Gasteiger partial charge in [-0.1, -0.05) is 42.5 Å². The Kier molecular flexibility index (Phi) is 6.85. The summed E-state index contributed by atoms with van der Waals surface area (Å²) in [4.78, 5) is 15.3. The summed E-state index contributed by atoms with van der Waals surface area (Å²) in [5, 5.41) is 3.13. The maximum absolute atomic E-state index is 12.4. The highest BCUT2D eigenvalue weighted by Gasteiger charge is 2.25. The summed E-state index contributed by atoms with van der Waals surface area (Å²) in [6.45, 7) is 7.87. The van der Waals surface area contributed by atoms with E-state index in [0.29, 0.717) is 6.54 Å². The number of carbonyl (C=O) groups excluding carboxylic acids is 1. The van der Waals surface area contributed by atoms with Crippen molar-refractivity contribution < 1.29 is 19.3 Å². The lowest BCUT2D eigenvalue weighted by molar-refractivity contribution is -1.02. The Labute approximate surface area is 161 Å². The molecule has 1 aliphatic rings. The molecular formula is C22H31N3O2+2. The number of benzene rings is 2. The molecule has 5 nitrogen and oxygen atoms in total. The number of piperazine rings is 1. The van der Waals surface area contributed by atoms with Gasteiger partial charge >= 0.3 is 0 Å². The SMILES string of the molecule is COc1cccc(C[NH+]2CC[NH+](CC(=O)N[C@H](C)c3ccccc3)CC2)c1. The predicted molar refractivity (Wildman–Crippen MR) is 106 cm³/mol. The zero-order valence-corrected chi connectivity index (χ0v) is 16.3. The zero-order chi connectivity index (χ0) is 19.1. The van der Waals surface area contributed by atoms with Crippen molar-refractivity contribution in [2.24, 2.45) is 0 Å². The molecule has 144 valence electrons. The van der Waals surface area contributed by atoms with E-state index in [9.17, 15) is 4.79 Å². The average molecular weight is 370 g/mol. The van der Waals surface area contributed by atoms with Crippen LogP contribution in [0.15, 0.2) is 54.6 Å². The largest absolute Gasteiger partial charge is 0.497 e. The van der Waals surface area contributed by atoms with E-state index < -0.39 is 0 Å². The summed E-state index contributed by atoms with van der Waals surface area (Å²) in [6, 6.07) is 18.5. The van der Waals surface area contributed by atoms with Gasteiger partial charge in [0.2, 0.25) is 0 Å². The third-order valence-corrected chi connectivity index (χ3v) is 5.34. The van der Waals surface area contributed by atoms with Gasteiger partial charge < -0.3 is 19.9 Å². The second kappa shape index (κ2) is 9.53. The van der Waals surface area contributed by atoms with Crippen LogP contribution in [-0.4, -0.2) is 45.7 Å². The summed E-state index contributed by atoms with van der Waals surface area (Å²) in [5.41, 5.74) is 2.45. The van der Waals surface area contributed by atoms with Gasteiger partial charge in [-0.05, 0) is 24.6 Å². The molecule has 0 unspecified atom stereocenters. The molecule has 1 heterocycles. The molecule has 0 spiro atoms. The molecule has 2 aromatic carbocycles. The van der Waals surface area contributed by atoms with E-state index in [1.165, 1.54) is 10.5 Å². The van der Waals surface area contributed by atoms with Gasteiger partial charge in [-0.25, -0.2) is 0 Å². The second-order valence-electron chi connectivity index (χ2n) is 7.40. The highest BCUT2D eigenvalue weighted by atomic mass is 16.5. The van der Waals surface area contributed by atoms with Crippen LogP contribution in [0.5, 0.6) is 5.75 Å². The van der Waals surface area contributed by atoms with Gasteiger partial charge in [0.1, 0.15) is 38.5 Å². The van der Waals surface area contributed by atoms with Crippen LogP contribution in [0.25, 0.3) is 0 Å². The van der Waals surface area contributed by atoms with Crippen molar-refractivity contribution in [1.82, 2.24) is 5.32 Å². The minimum Gasteiger partial charge on any atom is -0.497 e. The molecule has 0 radical (unpaired) electrons. The number of hydrogen-bond acceptors (Lipinski definition) is 2. The highest BCUT2D eigenvalue weighted by molar-refractivity contribution is 5.77. The molecule has 1 saturated heterocycles. The Hall–Kier alpha value is -2.37. The first kappa shape index (κ1) is 19.4. The first-order chi connectivity index (χ1) is 13.1. The Morgan fingerprint density at radius 1 is 1.04 bits per heavy atom. The van der Waals surface area contributed by atoms with E-state index in [1.807, 2.05) is 37.3 Å². The number of nitrogens with one attached hydrogen (secondary N) is 3. The minimum atomic E-state index is 0.0538. The third-order valence-electron chi connectivity index (χ3n) is 5.34. The predicted octanol–water partition coefficient (Wildman–Crippen LogP) is -0.144. The molecular weight excluding hydrogens is 338 g/mol. The standard InChI is InChI=1S/C22H29N3O2/c1-18(20-8-4-3-5-9-20)23-22(26)17-25-13-11-24(12-14-25)16-19-7-6-10-21(15-19)27-2/h3-10,15,18H,11-14,16-17H2,1-2H3,(H,23,26)/p+2/t18-/m1/s1. The normalized spacial score (nSPS) is 20.7. The monoisotopic (exact) mass is 369 g/mol. The van der Waals surface area contributed by atoms with Crippen molar-refractivity contribution in [3.63, 3.8) is 0 Å². The van der Waals surface area contributed by atoms with Gasteiger partial charge in [-0.2, -0.15) is 0 Å². The van der Waals surface area contributed by atoms with Gasteiger partial charge in [-0.15, -0.1) is 0 Å². The number of amides is 1. The Balaban J connectivity index is 1.41. The van der Waals surface area contributed by atoms with Crippen LogP contribution in [0, 0.1) is 0 Å². The number of quaternary nitrogens is 2. The van der Waals surface area contributed by atoms with Crippen molar-refractivity contribution >= 4 is 5.91 Å². The van der Waals surface area contributed by atoms with Crippen molar-refractivity contribution in [3.05, 3.63) is 65.7 Å². The molecule has 1 amide bonds. The molecule has 1 fully saturated rings. The lowest BCUT2D eigenvalue weighted by atomic mass is 10.1. The molecule has 27 heavy (non-hydrogen) atoms. The average Bonchev–Trinajstić information content (AvgIpc) is 2.70. The molecule has 3 N–H and O–H groups in total. The Morgan fingerprint density at radius 2 is 1.74 bits per heavy atom. The maximum Gasteiger partial charge on any atom is 0.275 e. The highest BCUT2D eigenvalue weighted by Crippen LogP contribution is 2.11. The van der Waals surface area contributed by atoms with E-state index in [1.54, 1.807) is 12.0 Å². The van der Waals surface area contributed by atoms with Gasteiger partial charge in [0.05, 0.1) is 13.2 Å². The zero-order valence-electron chi connectivity index (χ0n) is 16.3. The fourth-order valence-electron chi connectivity index (χ4n) is 3.73. The van der Waals surface area contributed by atoms with Crippen molar-refractivity contribution in [2.75, 3.05) is 39.8 Å². The van der Waals surface area contributed by atoms with Crippen LogP contribution >= 0.6 is 0 Å². The topological polar surface area (TPSA) is 47.2 Å². The Bertz CT molecular complexity index is 727. The Morgan fingerprint density at radius 3 is 2.44 bits per heavy atom. The van der Waals surface area contributed by atoms with Gasteiger partial charge in [0.25, 0.3) is 5.91 Å². The van der Waals surface area contributed by atoms with Gasteiger partial charge in [0, 0.05) is 5.56 Å². The summed E-state index contributed by atoms with van der Waals surface area (Å²) < 4.78 is 5.31. The van der Waals surface area contributed by atoms with Crippen molar-refractivity contribution in [3.8, 4) is 5.75 Å². The molecule has 0 aromatic heterocycles. The second-order valence-corrected chi connectivity index (χ2v) is 7.40. The lowest BCUT2D eigenvalue weighted by Crippen LogP contribution is -3.28. The molecule has 5 heteroatoms. The maximum atomic E-state index is 12.4. The number of carbonyl (C=O) groups is 1. The lowest BCUT2D eigenvalue weighted by Gasteiger charge is -2.29. The molecule has 2 aromatic rings. The van der Waals surface area contributed by atoms with Crippen LogP contribution in [0.4, 0.5) is 0 Å². The van der Waals surface area contributed by atoms with E-state index in [0.717, 1.165) is 44.0 Å². The van der Waals surface area contributed by atoms with Crippen LogP contribution < -0.4 is 19.9 Å². The van der Waals surface area contributed by atoms with E-state index >= 15 is 0 Å². The number of rotatable bonds is 7. The number of methoxy groups -OCH3 is 1. The van der Waals surface area contributed by atoms with Gasteiger partial charge in [0.15, 0.2) is 6.54 Å². The number of hydrogen-bond donors (Lipinski definition) is 3. The molecule has 3 rings (SSSR count). The van der Waals surface area contributed by atoms with Crippen LogP contribution in [0.1, 0.15) is 24.1 Å². The fourth-order valence-corrected chi connectivity index (χ4v) is 3.73. The van der Waals surface area contributed by atoms with E-state index in [2.05, 4.69) is 29.6 Å². The summed E-state index contributed by atoms with van der Waals surface area (Å²) in [7, 11) is 1.71. The van der Waals surface area contributed by atoms with E-state index in [-0.39, 0.29) is 11.9 Å². The summed E-state index contributed by atoms with van der Waals surface area (Å²) in [5.74, 6) is 1.05. The van der Waals surface area contributed by atoms with Crippen LogP contribution in [-0.2, 0) is 11.3 Å². The van der Waals surface area contributed by atoms with Crippen LogP contribution in [0.3, 0.4) is 0 Å². The van der Waals surface area contributed by atoms with Crippen molar-refractivity contribution in [2.45, 2.75) is 19.5 Å². The minimum absolute atomic E-state index is 0.0538. The molecule has 0 bridgehead atoms. The summed E-state index contributed by atoms with van der Waals surface area (Å²) >= 11 is 0. The smallest absolute Gasteiger partial charge is 0.275 e. The molecule has 1 aliphatic heterocycles. The van der Waals surface area contributed by atoms with Crippen molar-refractivity contribution in [1.29, 1.82) is 0 Å². The van der Waals surface area contributed by atoms with Crippen LogP contribution in [0.2, 0.25) is 0 Å². The first-order valence-corrected chi connectivity index (χ1v) is 9.78. The number of ether oxygens (including phenoxy) is 1. The third kappa shape index (κ3) is 5.81. The molecule has 1 atom stereocenters. The fraction of sp³-hybridized carbons (Fsp3) is 0.409. The van der Waals surface area contributed by atoms with Gasteiger partial charge in [-0.3, -0.25) is 4.79 Å². The quantitative estimate of drug-likeness (QED) is 0.636. The van der Waals surface area contributed by atoms with E-state index in [4.69, 9.17) is 4.74 Å².